The Labute approximate surface area is 171 Å². The first kappa shape index (κ1) is 21.7. The van der Waals surface area contributed by atoms with E-state index in [2.05, 4.69) is 18.7 Å². The Hall–Kier alpha value is -1.98. The van der Waals surface area contributed by atoms with E-state index < -0.39 is 17.4 Å². The van der Waals surface area contributed by atoms with Crippen LogP contribution < -0.4 is 9.80 Å². The molecule has 2 aliphatic heterocycles. The highest BCUT2D eigenvalue weighted by Crippen LogP contribution is 2.42. The summed E-state index contributed by atoms with van der Waals surface area (Å²) in [5.41, 5.74) is 1.44. The number of Topliss-reactive ketones (excluding diaryl/α,β-unsaturated/α-hetero) is 1. The molecule has 160 valence electrons. The van der Waals surface area contributed by atoms with E-state index >= 15 is 0 Å². The molecule has 2 aliphatic rings. The van der Waals surface area contributed by atoms with E-state index in [0.29, 0.717) is 24.8 Å². The van der Waals surface area contributed by atoms with E-state index in [4.69, 9.17) is 0 Å². The molecule has 0 amide bonds. The van der Waals surface area contributed by atoms with Crippen molar-refractivity contribution in [2.24, 2.45) is 10.8 Å². The summed E-state index contributed by atoms with van der Waals surface area (Å²) >= 11 is 0. The lowest BCUT2D eigenvalue weighted by Crippen LogP contribution is -2.40. The summed E-state index contributed by atoms with van der Waals surface area (Å²) in [6.45, 7) is 10.8. The van der Waals surface area contributed by atoms with Crippen molar-refractivity contribution in [3.05, 3.63) is 36.0 Å². The zero-order valence-electron chi connectivity index (χ0n) is 17.8. The lowest BCUT2D eigenvalue weighted by atomic mass is 9.73. The van der Waals surface area contributed by atoms with Gasteiger partial charge in [-0.15, -0.1) is 0 Å². The molecule has 2 heterocycles. The summed E-state index contributed by atoms with van der Waals surface area (Å²) in [6.07, 6.45) is -0.137. The van der Waals surface area contributed by atoms with Gasteiger partial charge >= 0.3 is 6.18 Å². The van der Waals surface area contributed by atoms with E-state index in [9.17, 15) is 18.0 Å². The van der Waals surface area contributed by atoms with Crippen LogP contribution in [0.5, 0.6) is 0 Å². The zero-order valence-corrected chi connectivity index (χ0v) is 17.8. The van der Waals surface area contributed by atoms with Gasteiger partial charge in [0.1, 0.15) is 0 Å². The smallest absolute Gasteiger partial charge is 0.371 e. The lowest BCUT2D eigenvalue weighted by molar-refractivity contribution is -0.168. The van der Waals surface area contributed by atoms with Crippen LogP contribution in [0, 0.1) is 10.8 Å². The van der Waals surface area contributed by atoms with Crippen molar-refractivity contribution in [2.75, 3.05) is 29.4 Å². The molecule has 0 spiro atoms. The molecule has 0 aromatic heterocycles. The Balaban J connectivity index is 1.81. The maximum Gasteiger partial charge on any atom is 0.454 e. The van der Waals surface area contributed by atoms with Crippen LogP contribution in [0.3, 0.4) is 0 Å². The number of ketones is 1. The van der Waals surface area contributed by atoms with Crippen LogP contribution in [-0.2, 0) is 4.79 Å². The Morgan fingerprint density at radius 1 is 0.966 bits per heavy atom. The molecule has 1 unspecified atom stereocenters. The fraction of sp³-hybridized carbons (Fsp3) is 0.609. The molecule has 1 fully saturated rings. The number of hydrogen-bond donors (Lipinski definition) is 0. The van der Waals surface area contributed by atoms with Gasteiger partial charge in [0.25, 0.3) is 5.78 Å². The highest BCUT2D eigenvalue weighted by molar-refractivity contribution is 6.01. The average molecular weight is 409 g/mol. The number of allylic oxidation sites excluding steroid dienone is 1. The fourth-order valence-corrected chi connectivity index (χ4v) is 4.16. The molecule has 3 nitrogen and oxygen atoms in total. The van der Waals surface area contributed by atoms with Gasteiger partial charge in [-0.3, -0.25) is 4.79 Å². The molecule has 1 saturated heterocycles. The number of benzene rings is 1. The first-order chi connectivity index (χ1) is 13.5. The number of nitrogens with zero attached hydrogens (tertiary/aromatic N) is 2. The summed E-state index contributed by atoms with van der Waals surface area (Å²) in [5, 5.41) is 0. The number of hydrogen-bond acceptors (Lipinski definition) is 3. The van der Waals surface area contributed by atoms with E-state index in [-0.39, 0.29) is 5.57 Å². The molecule has 0 N–H and O–H groups in total. The molecule has 1 aromatic rings. The van der Waals surface area contributed by atoms with Crippen LogP contribution >= 0.6 is 0 Å². The number of piperidine rings is 1. The van der Waals surface area contributed by atoms with Gasteiger partial charge in [-0.05, 0) is 60.8 Å². The first-order valence-corrected chi connectivity index (χ1v) is 10.4. The summed E-state index contributed by atoms with van der Waals surface area (Å²) < 4.78 is 39.4. The first-order valence-electron chi connectivity index (χ1n) is 10.4. The van der Waals surface area contributed by atoms with Crippen molar-refractivity contribution in [3.8, 4) is 0 Å². The van der Waals surface area contributed by atoms with E-state index in [1.165, 1.54) is 6.20 Å². The normalized spacial score (nSPS) is 25.0. The summed E-state index contributed by atoms with van der Waals surface area (Å²) in [5.74, 6) is -1.72. The molecule has 1 atom stereocenters. The van der Waals surface area contributed by atoms with Crippen LogP contribution in [-0.4, -0.2) is 31.6 Å². The molecule has 3 rings (SSSR count). The van der Waals surface area contributed by atoms with Crippen LogP contribution in [0.4, 0.5) is 24.5 Å². The number of carbonyl (C=O) groups excluding carboxylic acids is 1. The van der Waals surface area contributed by atoms with E-state index in [1.807, 2.05) is 31.2 Å². The van der Waals surface area contributed by atoms with Gasteiger partial charge in [0.05, 0.1) is 0 Å². The minimum absolute atomic E-state index is 0.138. The number of anilines is 2. The summed E-state index contributed by atoms with van der Waals surface area (Å²) in [4.78, 5) is 16.2. The van der Waals surface area contributed by atoms with Gasteiger partial charge in [-0.2, -0.15) is 13.2 Å². The number of rotatable bonds is 4. The molecule has 29 heavy (non-hydrogen) atoms. The number of alkyl halides is 3. The van der Waals surface area contributed by atoms with Crippen molar-refractivity contribution in [1.82, 2.24) is 0 Å². The van der Waals surface area contributed by atoms with Crippen molar-refractivity contribution < 1.29 is 18.0 Å². The summed E-state index contributed by atoms with van der Waals surface area (Å²) in [7, 11) is 0. The van der Waals surface area contributed by atoms with Gasteiger partial charge < -0.3 is 9.80 Å². The van der Waals surface area contributed by atoms with E-state index in [1.54, 1.807) is 11.8 Å². The molecule has 0 bridgehead atoms. The molecular weight excluding hydrogens is 377 g/mol. The van der Waals surface area contributed by atoms with Gasteiger partial charge in [0.2, 0.25) is 0 Å². The molecule has 0 saturated carbocycles. The van der Waals surface area contributed by atoms with Crippen LogP contribution in [0.1, 0.15) is 53.4 Å². The van der Waals surface area contributed by atoms with Gasteiger partial charge in [-0.1, -0.05) is 27.7 Å². The Morgan fingerprint density at radius 2 is 1.52 bits per heavy atom. The van der Waals surface area contributed by atoms with Gasteiger partial charge in [0.15, 0.2) is 0 Å². The predicted octanol–water partition coefficient (Wildman–Crippen LogP) is 5.95. The Morgan fingerprint density at radius 3 is 2.03 bits per heavy atom. The summed E-state index contributed by atoms with van der Waals surface area (Å²) in [6, 6.07) is 7.94. The molecule has 1 aromatic carbocycles. The second-order valence-corrected chi connectivity index (χ2v) is 9.39. The maximum absolute atomic E-state index is 13.1. The SMILES string of the molecule is CCC1(C)CCN(c2ccc(N3CCC(C)(C)CC3)cc2)C=C1C(=O)C(F)(F)F. The van der Waals surface area contributed by atoms with Crippen molar-refractivity contribution >= 4 is 17.2 Å². The zero-order chi connectivity index (χ0) is 21.4. The second-order valence-electron chi connectivity index (χ2n) is 9.39. The second kappa shape index (κ2) is 7.69. The van der Waals surface area contributed by atoms with Crippen molar-refractivity contribution in [1.29, 1.82) is 0 Å². The lowest BCUT2D eigenvalue weighted by Gasteiger charge is -2.40. The monoisotopic (exact) mass is 408 g/mol. The highest BCUT2D eigenvalue weighted by atomic mass is 19.4. The van der Waals surface area contributed by atoms with Gasteiger partial charge in [-0.25, -0.2) is 0 Å². The molecule has 6 heteroatoms. The third kappa shape index (κ3) is 4.62. The highest BCUT2D eigenvalue weighted by Gasteiger charge is 2.47. The number of halogens is 3. The van der Waals surface area contributed by atoms with Crippen LogP contribution in [0.25, 0.3) is 0 Å². The van der Waals surface area contributed by atoms with Crippen molar-refractivity contribution in [3.63, 3.8) is 0 Å². The largest absolute Gasteiger partial charge is 0.454 e. The quantitative estimate of drug-likeness (QED) is 0.615. The third-order valence-electron chi connectivity index (χ3n) is 6.79. The molecule has 0 radical (unpaired) electrons. The average Bonchev–Trinajstić information content (AvgIpc) is 2.67. The number of carbonyl (C=O) groups is 1. The maximum atomic E-state index is 13.1. The Bertz CT molecular complexity index is 772. The molecule has 0 aliphatic carbocycles. The van der Waals surface area contributed by atoms with Crippen LogP contribution in [0.2, 0.25) is 0 Å². The topological polar surface area (TPSA) is 23.6 Å². The fourth-order valence-electron chi connectivity index (χ4n) is 4.16. The van der Waals surface area contributed by atoms with Gasteiger partial charge in [0, 0.05) is 42.8 Å². The third-order valence-corrected chi connectivity index (χ3v) is 6.79. The predicted molar refractivity (Wildman–Crippen MR) is 111 cm³/mol. The minimum Gasteiger partial charge on any atom is -0.371 e. The van der Waals surface area contributed by atoms with E-state index in [0.717, 1.165) is 37.3 Å². The minimum atomic E-state index is -4.85. The standard InChI is InChI=1S/C23H31F3N2O/c1-5-22(4)12-15-28(16-19(22)20(29)23(24,25)26)18-8-6-17(7-9-18)27-13-10-21(2,3)11-14-27/h6-9,16H,5,10-15H2,1-4H3. The Kier molecular flexibility index (Phi) is 5.76. The molecular formula is C23H31F3N2O. The van der Waals surface area contributed by atoms with Crippen molar-refractivity contribution in [2.45, 2.75) is 59.6 Å². The van der Waals surface area contributed by atoms with Crippen LogP contribution in [0.15, 0.2) is 36.0 Å².